The monoisotopic (exact) mass is 318 g/mol. The highest BCUT2D eigenvalue weighted by Crippen LogP contribution is 2.19. The lowest BCUT2D eigenvalue weighted by Crippen LogP contribution is -2.39. The van der Waals surface area contributed by atoms with Gasteiger partial charge in [-0.05, 0) is 11.0 Å². The number of hydrogen-bond acceptors (Lipinski definition) is 4. The molecule has 0 radical (unpaired) electrons. The van der Waals surface area contributed by atoms with E-state index in [4.69, 9.17) is 0 Å². The van der Waals surface area contributed by atoms with Gasteiger partial charge in [-0.1, -0.05) is 51.1 Å². The van der Waals surface area contributed by atoms with Crippen molar-refractivity contribution in [3.63, 3.8) is 0 Å². The molecule has 2 rings (SSSR count). The molecule has 4 nitrogen and oxygen atoms in total. The van der Waals surface area contributed by atoms with Crippen LogP contribution in [0.1, 0.15) is 41.0 Å². The maximum atomic E-state index is 12.1. The Labute approximate surface area is 135 Å². The molecular weight excluding hydrogens is 296 g/mol. The lowest BCUT2D eigenvalue weighted by atomic mass is 9.89. The first kappa shape index (κ1) is 16.6. The van der Waals surface area contributed by atoms with Gasteiger partial charge in [0.2, 0.25) is 0 Å². The van der Waals surface area contributed by atoms with Gasteiger partial charge in [-0.15, -0.1) is 11.3 Å². The van der Waals surface area contributed by atoms with Crippen LogP contribution in [0.4, 0.5) is 0 Å². The Kier molecular flexibility index (Phi) is 5.32. The van der Waals surface area contributed by atoms with E-state index in [1.807, 2.05) is 51.1 Å². The smallest absolute Gasteiger partial charge is 0.263 e. The van der Waals surface area contributed by atoms with Crippen molar-refractivity contribution in [2.75, 3.05) is 6.54 Å². The van der Waals surface area contributed by atoms with E-state index in [0.29, 0.717) is 4.88 Å². The summed E-state index contributed by atoms with van der Waals surface area (Å²) in [5, 5.41) is 13.6. The fourth-order valence-electron chi connectivity index (χ4n) is 1.85. The topological polar surface area (TPSA) is 62.2 Å². The van der Waals surface area contributed by atoms with Crippen LogP contribution in [0.25, 0.3) is 0 Å². The first-order chi connectivity index (χ1) is 10.4. The quantitative estimate of drug-likeness (QED) is 0.891. The Balaban J connectivity index is 1.92. The Bertz CT molecular complexity index is 617. The van der Waals surface area contributed by atoms with Gasteiger partial charge in [0.25, 0.3) is 5.91 Å². The van der Waals surface area contributed by atoms with Gasteiger partial charge in [0.15, 0.2) is 0 Å². The summed E-state index contributed by atoms with van der Waals surface area (Å²) in [4.78, 5) is 17.0. The van der Waals surface area contributed by atoms with Gasteiger partial charge in [-0.25, -0.2) is 4.98 Å². The molecule has 2 N–H and O–H groups in total. The average Bonchev–Trinajstić information content (AvgIpc) is 2.93. The molecule has 0 aliphatic heterocycles. The number of nitrogens with zero attached hydrogens (tertiary/aromatic N) is 1. The largest absolute Gasteiger partial charge is 0.391 e. The van der Waals surface area contributed by atoms with E-state index >= 15 is 0 Å². The van der Waals surface area contributed by atoms with Crippen LogP contribution < -0.4 is 5.32 Å². The number of nitrogens with one attached hydrogen (secondary N) is 1. The molecule has 2 aromatic rings. The molecule has 1 atom stereocenters. The molecule has 1 unspecified atom stereocenters. The van der Waals surface area contributed by atoms with Crippen molar-refractivity contribution in [1.82, 2.24) is 10.3 Å². The molecule has 0 bridgehead atoms. The van der Waals surface area contributed by atoms with Gasteiger partial charge in [0.1, 0.15) is 4.88 Å². The van der Waals surface area contributed by atoms with Crippen LogP contribution in [0.5, 0.6) is 0 Å². The predicted molar refractivity (Wildman–Crippen MR) is 89.2 cm³/mol. The van der Waals surface area contributed by atoms with E-state index in [2.05, 4.69) is 10.3 Å². The average molecular weight is 318 g/mol. The molecule has 1 heterocycles. The Hall–Kier alpha value is -1.72. The van der Waals surface area contributed by atoms with Crippen molar-refractivity contribution in [1.29, 1.82) is 0 Å². The van der Waals surface area contributed by atoms with Gasteiger partial charge in [-0.3, -0.25) is 4.79 Å². The van der Waals surface area contributed by atoms with E-state index in [1.165, 1.54) is 16.9 Å². The maximum absolute atomic E-state index is 12.1. The van der Waals surface area contributed by atoms with E-state index in [9.17, 15) is 9.90 Å². The van der Waals surface area contributed by atoms with Crippen molar-refractivity contribution in [2.45, 2.75) is 33.3 Å². The van der Waals surface area contributed by atoms with Gasteiger partial charge < -0.3 is 10.4 Å². The first-order valence-corrected chi connectivity index (χ1v) is 8.13. The summed E-state index contributed by atoms with van der Waals surface area (Å²) in [6, 6.07) is 10.0. The third-order valence-corrected chi connectivity index (χ3v) is 4.43. The fourth-order valence-corrected chi connectivity index (χ4v) is 2.72. The summed E-state index contributed by atoms with van der Waals surface area (Å²) in [6.45, 7) is 6.06. The number of rotatable bonds is 5. The van der Waals surface area contributed by atoms with E-state index in [-0.39, 0.29) is 17.9 Å². The first-order valence-electron chi connectivity index (χ1n) is 7.31. The molecule has 5 heteroatoms. The number of amides is 1. The second kappa shape index (κ2) is 7.03. The Morgan fingerprint density at radius 3 is 2.64 bits per heavy atom. The summed E-state index contributed by atoms with van der Waals surface area (Å²) >= 11 is 1.39. The van der Waals surface area contributed by atoms with Crippen LogP contribution in [0.3, 0.4) is 0 Å². The zero-order chi connectivity index (χ0) is 16.2. The predicted octanol–water partition coefficient (Wildman–Crippen LogP) is 2.87. The SMILES string of the molecule is CC(C)(C)C(O)CNC(=O)c1cnc(Cc2ccccc2)s1. The second-order valence-corrected chi connectivity index (χ2v) is 7.49. The Morgan fingerprint density at radius 2 is 2.00 bits per heavy atom. The van der Waals surface area contributed by atoms with Crippen LogP contribution in [0.15, 0.2) is 36.5 Å². The normalized spacial score (nSPS) is 12.9. The molecule has 0 saturated heterocycles. The number of thiazole rings is 1. The number of benzene rings is 1. The summed E-state index contributed by atoms with van der Waals surface area (Å²) in [6.07, 6.45) is 1.75. The van der Waals surface area contributed by atoms with Crippen molar-refractivity contribution >= 4 is 17.2 Å². The molecule has 0 aliphatic rings. The van der Waals surface area contributed by atoms with Crippen LogP contribution in [0, 0.1) is 5.41 Å². The summed E-state index contributed by atoms with van der Waals surface area (Å²) in [7, 11) is 0. The minimum Gasteiger partial charge on any atom is -0.391 e. The third kappa shape index (κ3) is 4.64. The molecule has 22 heavy (non-hydrogen) atoms. The lowest BCUT2D eigenvalue weighted by molar-refractivity contribution is 0.0588. The maximum Gasteiger partial charge on any atom is 0.263 e. The summed E-state index contributed by atoms with van der Waals surface area (Å²) in [5.41, 5.74) is 0.923. The zero-order valence-corrected chi connectivity index (χ0v) is 14.0. The van der Waals surface area contributed by atoms with E-state index in [1.54, 1.807) is 6.20 Å². The number of hydrogen-bond donors (Lipinski definition) is 2. The molecule has 1 aromatic heterocycles. The molecule has 118 valence electrons. The second-order valence-electron chi connectivity index (χ2n) is 6.37. The van der Waals surface area contributed by atoms with Crippen LogP contribution >= 0.6 is 11.3 Å². The van der Waals surface area contributed by atoms with Crippen molar-refractivity contribution in [3.8, 4) is 0 Å². The highest BCUT2D eigenvalue weighted by molar-refractivity contribution is 7.13. The van der Waals surface area contributed by atoms with Gasteiger partial charge >= 0.3 is 0 Å². The minimum atomic E-state index is -0.576. The molecule has 1 amide bonds. The van der Waals surface area contributed by atoms with Crippen LogP contribution in [0.2, 0.25) is 0 Å². The number of carbonyl (C=O) groups excluding carboxylic acids is 1. The van der Waals surface area contributed by atoms with E-state index < -0.39 is 6.10 Å². The van der Waals surface area contributed by atoms with Crippen LogP contribution in [-0.4, -0.2) is 28.6 Å². The number of carbonyl (C=O) groups is 1. The summed E-state index contributed by atoms with van der Waals surface area (Å²) in [5.74, 6) is -0.180. The molecule has 0 saturated carbocycles. The number of aromatic nitrogens is 1. The highest BCUT2D eigenvalue weighted by Gasteiger charge is 2.23. The van der Waals surface area contributed by atoms with Gasteiger partial charge in [-0.2, -0.15) is 0 Å². The molecule has 0 spiro atoms. The number of aliphatic hydroxyl groups is 1. The van der Waals surface area contributed by atoms with Gasteiger partial charge in [0, 0.05) is 13.0 Å². The van der Waals surface area contributed by atoms with Crippen LogP contribution in [-0.2, 0) is 6.42 Å². The minimum absolute atomic E-state index is 0.180. The molecule has 0 fully saturated rings. The fraction of sp³-hybridized carbons (Fsp3) is 0.412. The molecule has 0 aliphatic carbocycles. The molecular formula is C17H22N2O2S. The van der Waals surface area contributed by atoms with Gasteiger partial charge in [0.05, 0.1) is 17.3 Å². The van der Waals surface area contributed by atoms with Crippen molar-refractivity contribution in [2.24, 2.45) is 5.41 Å². The number of aliphatic hydroxyl groups excluding tert-OH is 1. The summed E-state index contributed by atoms with van der Waals surface area (Å²) < 4.78 is 0. The zero-order valence-electron chi connectivity index (χ0n) is 13.2. The lowest BCUT2D eigenvalue weighted by Gasteiger charge is -2.25. The Morgan fingerprint density at radius 1 is 1.32 bits per heavy atom. The standard InChI is InChI=1S/C17H22N2O2S/c1-17(2,3)14(20)11-19-16(21)13-10-18-15(22-13)9-12-7-5-4-6-8-12/h4-8,10,14,20H,9,11H2,1-3H3,(H,19,21). The third-order valence-electron chi connectivity index (χ3n) is 3.43. The van der Waals surface area contributed by atoms with Crippen molar-refractivity contribution < 1.29 is 9.90 Å². The van der Waals surface area contributed by atoms with E-state index in [0.717, 1.165) is 11.4 Å². The highest BCUT2D eigenvalue weighted by atomic mass is 32.1. The van der Waals surface area contributed by atoms with Crippen molar-refractivity contribution in [3.05, 3.63) is 52.0 Å². The molecule has 1 aromatic carbocycles.